The van der Waals surface area contributed by atoms with Crippen molar-refractivity contribution >= 4 is 29.7 Å². The molecule has 0 saturated carbocycles. The highest BCUT2D eigenvalue weighted by atomic mass is 16.4. The van der Waals surface area contributed by atoms with Gasteiger partial charge < -0.3 is 42.9 Å². The fourth-order valence-corrected chi connectivity index (χ4v) is 3.96. The Morgan fingerprint density at radius 1 is 0.857 bits per heavy atom. The Hall–Kier alpha value is -2.77. The van der Waals surface area contributed by atoms with Crippen molar-refractivity contribution in [3.63, 3.8) is 0 Å². The van der Waals surface area contributed by atoms with Crippen LogP contribution < -0.4 is 27.8 Å². The summed E-state index contributed by atoms with van der Waals surface area (Å²) in [4.78, 5) is 62.6. The van der Waals surface area contributed by atoms with Gasteiger partial charge >= 0.3 is 11.9 Å². The summed E-state index contributed by atoms with van der Waals surface area (Å²) >= 11 is 0. The molecule has 13 heteroatoms. The number of hydrogen-bond acceptors (Lipinski definition) is 8. The summed E-state index contributed by atoms with van der Waals surface area (Å²) in [7, 11) is 0. The van der Waals surface area contributed by atoms with E-state index in [1.54, 1.807) is 0 Å². The first-order chi connectivity index (χ1) is 16.6. The Bertz CT molecular complexity index is 735. The first-order valence-corrected chi connectivity index (χ1v) is 12.1. The fraction of sp³-hybridized carbons (Fsp3) is 0.773. The number of nitrogens with one attached hydrogen (secondary N) is 2. The van der Waals surface area contributed by atoms with Crippen molar-refractivity contribution in [2.75, 3.05) is 19.6 Å². The second-order valence-corrected chi connectivity index (χ2v) is 8.76. The minimum absolute atomic E-state index is 0.201. The average molecular weight is 501 g/mol. The largest absolute Gasteiger partial charge is 0.481 e. The van der Waals surface area contributed by atoms with Crippen LogP contribution in [0.5, 0.6) is 0 Å². The summed E-state index contributed by atoms with van der Waals surface area (Å²) in [5, 5.41) is 23.6. The molecule has 0 aromatic rings. The van der Waals surface area contributed by atoms with Crippen molar-refractivity contribution in [3.8, 4) is 0 Å². The van der Waals surface area contributed by atoms with E-state index in [0.29, 0.717) is 58.0 Å². The number of aliphatic carboxylic acids is 2. The summed E-state index contributed by atoms with van der Waals surface area (Å²) in [6, 6.07) is -4.12. The number of amides is 3. The number of carboxylic acids is 2. The maximum absolute atomic E-state index is 13.2. The molecular formula is C22H40N6O7. The molecule has 1 aliphatic rings. The highest BCUT2D eigenvalue weighted by Gasteiger charge is 2.38. The summed E-state index contributed by atoms with van der Waals surface area (Å²) in [6.07, 6.45) is 3.25. The lowest BCUT2D eigenvalue weighted by atomic mass is 10.0. The molecule has 1 heterocycles. The van der Waals surface area contributed by atoms with Gasteiger partial charge in [0, 0.05) is 13.0 Å². The monoisotopic (exact) mass is 500 g/mol. The number of nitrogens with zero attached hydrogens (tertiary/aromatic N) is 1. The number of unbranched alkanes of at least 4 members (excludes halogenated alkanes) is 2. The van der Waals surface area contributed by atoms with E-state index in [1.807, 2.05) is 0 Å². The van der Waals surface area contributed by atoms with Gasteiger partial charge in [-0.05, 0) is 64.5 Å². The predicted octanol–water partition coefficient (Wildman–Crippen LogP) is -1.52. The molecule has 0 aromatic carbocycles. The summed E-state index contributed by atoms with van der Waals surface area (Å²) in [6.45, 7) is 1.10. The molecule has 1 saturated heterocycles. The van der Waals surface area contributed by atoms with Gasteiger partial charge in [-0.1, -0.05) is 6.42 Å². The van der Waals surface area contributed by atoms with Gasteiger partial charge in [-0.3, -0.25) is 19.2 Å². The Kier molecular flexibility index (Phi) is 13.8. The molecule has 0 spiro atoms. The van der Waals surface area contributed by atoms with E-state index >= 15 is 0 Å². The number of likely N-dealkylation sites (tertiary alicyclic amines) is 1. The quantitative estimate of drug-likeness (QED) is 0.114. The van der Waals surface area contributed by atoms with Gasteiger partial charge in [0.15, 0.2) is 0 Å². The van der Waals surface area contributed by atoms with E-state index in [4.69, 9.17) is 22.3 Å². The standard InChI is InChI=1S/C22H40N6O7/c23-11-3-1-6-14(25)19(31)26-15(9-10-18(29)30)20(32)27-16(7-2-4-12-24)21(33)28-13-5-8-17(28)22(34)35/h14-17H,1-13,23-25H2,(H,26,31)(H,27,32)(H,29,30)(H,34,35). The number of nitrogens with two attached hydrogens (primary N) is 3. The second kappa shape index (κ2) is 16.0. The third kappa shape index (κ3) is 10.6. The van der Waals surface area contributed by atoms with Gasteiger partial charge in [0.05, 0.1) is 6.04 Å². The van der Waals surface area contributed by atoms with Gasteiger partial charge in [0.2, 0.25) is 17.7 Å². The van der Waals surface area contributed by atoms with Gasteiger partial charge in [-0.15, -0.1) is 0 Å². The topological polar surface area (TPSA) is 231 Å². The van der Waals surface area contributed by atoms with Crippen LogP contribution in [-0.4, -0.2) is 88.6 Å². The van der Waals surface area contributed by atoms with Gasteiger partial charge in [0.25, 0.3) is 0 Å². The lowest BCUT2D eigenvalue weighted by Gasteiger charge is -2.29. The van der Waals surface area contributed by atoms with E-state index in [2.05, 4.69) is 10.6 Å². The Labute approximate surface area is 205 Å². The lowest BCUT2D eigenvalue weighted by molar-refractivity contribution is -0.149. The van der Waals surface area contributed by atoms with Gasteiger partial charge in [-0.2, -0.15) is 0 Å². The van der Waals surface area contributed by atoms with Crippen molar-refractivity contribution in [1.29, 1.82) is 0 Å². The van der Waals surface area contributed by atoms with E-state index in [9.17, 15) is 29.1 Å². The molecule has 1 aliphatic heterocycles. The Morgan fingerprint density at radius 2 is 1.46 bits per heavy atom. The molecule has 0 radical (unpaired) electrons. The number of carboxylic acid groups (broad SMARTS) is 2. The van der Waals surface area contributed by atoms with Crippen LogP contribution in [0, 0.1) is 0 Å². The van der Waals surface area contributed by atoms with Crippen molar-refractivity contribution < 1.29 is 34.2 Å². The zero-order valence-corrected chi connectivity index (χ0v) is 20.1. The maximum Gasteiger partial charge on any atom is 0.326 e. The molecule has 13 nitrogen and oxygen atoms in total. The molecule has 10 N–H and O–H groups in total. The predicted molar refractivity (Wildman–Crippen MR) is 127 cm³/mol. The average Bonchev–Trinajstić information content (AvgIpc) is 3.30. The molecule has 0 aromatic heterocycles. The fourth-order valence-electron chi connectivity index (χ4n) is 3.96. The van der Waals surface area contributed by atoms with E-state index < -0.39 is 53.8 Å². The second-order valence-electron chi connectivity index (χ2n) is 8.76. The minimum Gasteiger partial charge on any atom is -0.481 e. The molecule has 200 valence electrons. The smallest absolute Gasteiger partial charge is 0.326 e. The molecule has 0 bridgehead atoms. The van der Waals surface area contributed by atoms with Gasteiger partial charge in [0.1, 0.15) is 18.1 Å². The van der Waals surface area contributed by atoms with E-state index in [1.165, 1.54) is 4.90 Å². The SMILES string of the molecule is NCCCCC(N)C(=O)NC(CCC(=O)O)C(=O)NC(CCCCN)C(=O)N1CCCC1C(=O)O. The Balaban J connectivity index is 2.96. The molecular weight excluding hydrogens is 460 g/mol. The highest BCUT2D eigenvalue weighted by molar-refractivity contribution is 5.94. The number of carbonyl (C=O) groups is 5. The van der Waals surface area contributed by atoms with Crippen molar-refractivity contribution in [3.05, 3.63) is 0 Å². The highest BCUT2D eigenvalue weighted by Crippen LogP contribution is 2.20. The van der Waals surface area contributed by atoms with Crippen LogP contribution in [0.15, 0.2) is 0 Å². The molecule has 3 amide bonds. The molecule has 0 aliphatic carbocycles. The van der Waals surface area contributed by atoms with Crippen LogP contribution in [0.1, 0.15) is 64.2 Å². The van der Waals surface area contributed by atoms with E-state index in [-0.39, 0.29) is 25.8 Å². The first kappa shape index (κ1) is 30.3. The third-order valence-corrected chi connectivity index (χ3v) is 5.97. The molecule has 1 fully saturated rings. The van der Waals surface area contributed by atoms with Crippen LogP contribution in [0.25, 0.3) is 0 Å². The molecule has 4 atom stereocenters. The molecule has 1 rings (SSSR count). The van der Waals surface area contributed by atoms with Crippen LogP contribution in [0.4, 0.5) is 0 Å². The van der Waals surface area contributed by atoms with Crippen LogP contribution in [0.2, 0.25) is 0 Å². The zero-order chi connectivity index (χ0) is 26.4. The third-order valence-electron chi connectivity index (χ3n) is 5.97. The van der Waals surface area contributed by atoms with Crippen molar-refractivity contribution in [2.24, 2.45) is 17.2 Å². The van der Waals surface area contributed by atoms with Crippen LogP contribution >= 0.6 is 0 Å². The minimum atomic E-state index is -1.22. The maximum atomic E-state index is 13.2. The number of rotatable bonds is 17. The number of hydrogen-bond donors (Lipinski definition) is 7. The zero-order valence-electron chi connectivity index (χ0n) is 20.1. The van der Waals surface area contributed by atoms with Gasteiger partial charge in [-0.25, -0.2) is 4.79 Å². The normalized spacial score (nSPS) is 17.9. The first-order valence-electron chi connectivity index (χ1n) is 12.1. The molecule has 4 unspecified atom stereocenters. The lowest BCUT2D eigenvalue weighted by Crippen LogP contribution is -2.57. The van der Waals surface area contributed by atoms with Crippen LogP contribution in [-0.2, 0) is 24.0 Å². The summed E-state index contributed by atoms with van der Waals surface area (Å²) in [5.41, 5.74) is 16.9. The van der Waals surface area contributed by atoms with Crippen LogP contribution in [0.3, 0.4) is 0 Å². The summed E-state index contributed by atoms with van der Waals surface area (Å²) < 4.78 is 0. The summed E-state index contributed by atoms with van der Waals surface area (Å²) in [5.74, 6) is -4.13. The van der Waals surface area contributed by atoms with Crippen molar-refractivity contribution in [1.82, 2.24) is 15.5 Å². The Morgan fingerprint density at radius 3 is 2.03 bits per heavy atom. The molecule has 35 heavy (non-hydrogen) atoms. The van der Waals surface area contributed by atoms with Crippen molar-refractivity contribution in [2.45, 2.75) is 88.4 Å². The number of carbonyl (C=O) groups excluding carboxylic acids is 3. The van der Waals surface area contributed by atoms with E-state index in [0.717, 1.165) is 0 Å².